The van der Waals surface area contributed by atoms with E-state index in [0.29, 0.717) is 6.04 Å². The van der Waals surface area contributed by atoms with Gasteiger partial charge < -0.3 is 5.32 Å². The molecule has 0 spiro atoms. The average Bonchev–Trinajstić information content (AvgIpc) is 2.97. The fourth-order valence-electron chi connectivity index (χ4n) is 2.80. The topological polar surface area (TPSA) is 12.0 Å². The molecule has 0 radical (unpaired) electrons. The van der Waals surface area contributed by atoms with E-state index >= 15 is 0 Å². The van der Waals surface area contributed by atoms with Crippen molar-refractivity contribution in [3.05, 3.63) is 34.1 Å². The third-order valence-corrected chi connectivity index (χ3v) is 6.28. The molecule has 1 N–H and O–H groups in total. The average molecular weight is 374 g/mol. The van der Waals surface area contributed by atoms with E-state index in [9.17, 15) is 4.39 Å². The molecule has 1 fully saturated rings. The quantitative estimate of drug-likeness (QED) is 0.673. The van der Waals surface area contributed by atoms with Gasteiger partial charge in [-0.25, -0.2) is 4.39 Å². The third kappa shape index (κ3) is 5.91. The Hall–Kier alpha value is -0.0600. The normalized spacial score (nSPS) is 17.3. The lowest BCUT2D eigenvalue weighted by Gasteiger charge is -2.21. The summed E-state index contributed by atoms with van der Waals surface area (Å²) in [6.45, 7) is 3.25. The van der Waals surface area contributed by atoms with Crippen LogP contribution < -0.4 is 5.32 Å². The Bertz CT molecular complexity index is 435. The molecule has 0 saturated heterocycles. The molecule has 1 atom stereocenters. The molecule has 1 aliphatic rings. The van der Waals surface area contributed by atoms with Crippen LogP contribution in [0.25, 0.3) is 0 Å². The van der Waals surface area contributed by atoms with Gasteiger partial charge in [0.15, 0.2) is 0 Å². The van der Waals surface area contributed by atoms with Crippen molar-refractivity contribution in [3.63, 3.8) is 0 Å². The van der Waals surface area contributed by atoms with E-state index in [1.54, 1.807) is 12.1 Å². The molecule has 0 aliphatic heterocycles. The molecule has 1 nitrogen and oxygen atoms in total. The van der Waals surface area contributed by atoms with E-state index in [2.05, 4.69) is 39.9 Å². The molecule has 0 aromatic heterocycles. The molecule has 1 aliphatic carbocycles. The predicted octanol–water partition coefficient (Wildman–Crippen LogP) is 5.17. The Morgan fingerprint density at radius 1 is 1.38 bits per heavy atom. The zero-order chi connectivity index (χ0) is 15.1. The van der Waals surface area contributed by atoms with Crippen molar-refractivity contribution in [2.75, 3.05) is 12.3 Å². The Kier molecular flexibility index (Phi) is 7.55. The van der Waals surface area contributed by atoms with Gasteiger partial charge in [-0.15, -0.1) is 0 Å². The highest BCUT2D eigenvalue weighted by atomic mass is 79.9. The van der Waals surface area contributed by atoms with Crippen LogP contribution in [0.2, 0.25) is 0 Å². The van der Waals surface area contributed by atoms with Crippen molar-refractivity contribution in [2.24, 2.45) is 0 Å². The van der Waals surface area contributed by atoms with E-state index in [1.807, 2.05) is 6.07 Å². The molecule has 0 bridgehead atoms. The lowest BCUT2D eigenvalue weighted by atomic mass is 10.1. The highest BCUT2D eigenvalue weighted by Crippen LogP contribution is 2.30. The second-order valence-electron chi connectivity index (χ2n) is 5.83. The van der Waals surface area contributed by atoms with Crippen LogP contribution in [-0.2, 0) is 6.42 Å². The van der Waals surface area contributed by atoms with Crippen molar-refractivity contribution < 1.29 is 4.39 Å². The Balaban J connectivity index is 1.90. The zero-order valence-corrected chi connectivity index (χ0v) is 15.1. The van der Waals surface area contributed by atoms with E-state index in [4.69, 9.17) is 0 Å². The molecule has 21 heavy (non-hydrogen) atoms. The van der Waals surface area contributed by atoms with Gasteiger partial charge in [0.1, 0.15) is 5.82 Å². The summed E-state index contributed by atoms with van der Waals surface area (Å²) >= 11 is 5.61. The molecule has 118 valence electrons. The molecule has 2 rings (SSSR count). The smallest absolute Gasteiger partial charge is 0.124 e. The molecular formula is C17H25BrFNS. The van der Waals surface area contributed by atoms with Gasteiger partial charge in [-0.3, -0.25) is 0 Å². The molecule has 0 heterocycles. The van der Waals surface area contributed by atoms with Crippen molar-refractivity contribution in [1.82, 2.24) is 5.32 Å². The van der Waals surface area contributed by atoms with Crippen LogP contribution in [-0.4, -0.2) is 23.6 Å². The minimum atomic E-state index is -0.177. The zero-order valence-electron chi connectivity index (χ0n) is 12.7. The highest BCUT2D eigenvalue weighted by molar-refractivity contribution is 9.10. The summed E-state index contributed by atoms with van der Waals surface area (Å²) in [5.74, 6) is 0.970. The van der Waals surface area contributed by atoms with Crippen LogP contribution in [0.1, 0.15) is 44.6 Å². The van der Waals surface area contributed by atoms with Crippen LogP contribution in [0, 0.1) is 5.82 Å². The van der Waals surface area contributed by atoms with Gasteiger partial charge >= 0.3 is 0 Å². The second kappa shape index (κ2) is 9.16. The SMILES string of the molecule is CCCNC(CSC1CCCC1)Cc1ccc(F)cc1Br. The Labute approximate surface area is 140 Å². The summed E-state index contributed by atoms with van der Waals surface area (Å²) in [5, 5.41) is 4.50. The largest absolute Gasteiger partial charge is 0.313 e. The lowest BCUT2D eigenvalue weighted by molar-refractivity contribution is 0.547. The Morgan fingerprint density at radius 2 is 2.14 bits per heavy atom. The summed E-state index contributed by atoms with van der Waals surface area (Å²) in [6, 6.07) is 5.50. The maximum atomic E-state index is 13.2. The second-order valence-corrected chi connectivity index (χ2v) is 8.02. The maximum Gasteiger partial charge on any atom is 0.124 e. The van der Waals surface area contributed by atoms with E-state index in [1.165, 1.54) is 31.2 Å². The van der Waals surface area contributed by atoms with E-state index in [0.717, 1.165) is 34.9 Å². The number of hydrogen-bond donors (Lipinski definition) is 1. The minimum absolute atomic E-state index is 0.177. The van der Waals surface area contributed by atoms with Gasteiger partial charge in [0.2, 0.25) is 0 Å². The lowest BCUT2D eigenvalue weighted by Crippen LogP contribution is -2.34. The number of thioether (sulfide) groups is 1. The first-order valence-corrected chi connectivity index (χ1v) is 9.82. The van der Waals surface area contributed by atoms with Crippen LogP contribution in [0.15, 0.2) is 22.7 Å². The fourth-order valence-corrected chi connectivity index (χ4v) is 4.72. The third-order valence-electron chi connectivity index (χ3n) is 4.00. The van der Waals surface area contributed by atoms with Crippen LogP contribution in [0.4, 0.5) is 4.39 Å². The molecule has 4 heteroatoms. The van der Waals surface area contributed by atoms with Gasteiger partial charge in [-0.05, 0) is 49.9 Å². The number of hydrogen-bond acceptors (Lipinski definition) is 2. The van der Waals surface area contributed by atoms with Crippen LogP contribution in [0.5, 0.6) is 0 Å². The fraction of sp³-hybridized carbons (Fsp3) is 0.647. The molecular weight excluding hydrogens is 349 g/mol. The number of nitrogens with one attached hydrogen (secondary N) is 1. The minimum Gasteiger partial charge on any atom is -0.313 e. The molecule has 0 amide bonds. The monoisotopic (exact) mass is 373 g/mol. The predicted molar refractivity (Wildman–Crippen MR) is 94.6 cm³/mol. The first-order valence-electron chi connectivity index (χ1n) is 7.98. The van der Waals surface area contributed by atoms with Crippen LogP contribution >= 0.6 is 27.7 Å². The first-order chi connectivity index (χ1) is 10.2. The number of benzene rings is 1. The summed E-state index contributed by atoms with van der Waals surface area (Å²) in [6.07, 6.45) is 7.66. The standard InChI is InChI=1S/C17H25BrFNS/c1-2-9-20-15(12-21-16-5-3-4-6-16)10-13-7-8-14(19)11-17(13)18/h7-8,11,15-16,20H,2-6,9-10,12H2,1H3. The maximum absolute atomic E-state index is 13.2. The number of halogens is 2. The molecule has 1 aromatic rings. The van der Waals surface area contributed by atoms with E-state index < -0.39 is 0 Å². The highest BCUT2D eigenvalue weighted by Gasteiger charge is 2.18. The summed E-state index contributed by atoms with van der Waals surface area (Å²) < 4.78 is 14.1. The summed E-state index contributed by atoms with van der Waals surface area (Å²) in [5.41, 5.74) is 1.19. The van der Waals surface area contributed by atoms with E-state index in [-0.39, 0.29) is 5.82 Å². The van der Waals surface area contributed by atoms with Crippen molar-refractivity contribution in [1.29, 1.82) is 0 Å². The molecule has 1 unspecified atom stereocenters. The van der Waals surface area contributed by atoms with Crippen LogP contribution in [0.3, 0.4) is 0 Å². The number of rotatable bonds is 8. The molecule has 1 aromatic carbocycles. The van der Waals surface area contributed by atoms with Gasteiger partial charge in [-0.2, -0.15) is 11.8 Å². The van der Waals surface area contributed by atoms with Crippen molar-refractivity contribution >= 4 is 27.7 Å². The Morgan fingerprint density at radius 3 is 2.81 bits per heavy atom. The van der Waals surface area contributed by atoms with Gasteiger partial charge in [-0.1, -0.05) is 41.8 Å². The summed E-state index contributed by atoms with van der Waals surface area (Å²) in [7, 11) is 0. The van der Waals surface area contributed by atoms with Crippen molar-refractivity contribution in [3.8, 4) is 0 Å². The molecule has 1 saturated carbocycles. The van der Waals surface area contributed by atoms with Crippen molar-refractivity contribution in [2.45, 2.75) is 56.7 Å². The first kappa shape index (κ1) is 17.3. The summed E-state index contributed by atoms with van der Waals surface area (Å²) in [4.78, 5) is 0. The van der Waals surface area contributed by atoms with Gasteiger partial charge in [0.25, 0.3) is 0 Å². The van der Waals surface area contributed by atoms with Gasteiger partial charge in [0, 0.05) is 21.5 Å². The van der Waals surface area contributed by atoms with Gasteiger partial charge in [0.05, 0.1) is 0 Å².